The fourth-order valence-electron chi connectivity index (χ4n) is 7.16. The molecular formula is C47H43IrN5OSi-2. The van der Waals surface area contributed by atoms with Gasteiger partial charge in [-0.2, -0.15) is 0 Å². The maximum absolute atomic E-state index is 6.16. The van der Waals surface area contributed by atoms with Crippen LogP contribution in [0.2, 0.25) is 19.6 Å². The first-order chi connectivity index (χ1) is 26.0. The molecule has 5 aromatic heterocycles. The maximum atomic E-state index is 6.16. The van der Waals surface area contributed by atoms with Gasteiger partial charge in [0.2, 0.25) is 5.71 Å². The number of rotatable bonds is 6. The second-order valence-corrected chi connectivity index (χ2v) is 20.5. The van der Waals surface area contributed by atoms with Crippen LogP contribution in [0.4, 0.5) is 0 Å². The number of hydrogen-bond donors (Lipinski definition) is 0. The van der Waals surface area contributed by atoms with Gasteiger partial charge in [0.05, 0.1) is 30.5 Å². The number of hydrogen-bond acceptors (Lipinski definition) is 5. The molecule has 1 radical (unpaired) electrons. The summed E-state index contributed by atoms with van der Waals surface area (Å²) in [5.41, 5.74) is 11.8. The van der Waals surface area contributed by atoms with Crippen LogP contribution in [0.15, 0.2) is 120 Å². The molecule has 0 N–H and O–H groups in total. The molecule has 0 fully saturated rings. The van der Waals surface area contributed by atoms with Gasteiger partial charge in [-0.05, 0) is 85.0 Å². The number of aromatic nitrogens is 5. The van der Waals surface area contributed by atoms with Crippen LogP contribution >= 0.6 is 0 Å². The third kappa shape index (κ3) is 7.68. The number of benzene rings is 4. The number of furan rings is 1. The molecule has 0 aliphatic rings. The zero-order chi connectivity index (χ0) is 37.6. The van der Waals surface area contributed by atoms with E-state index in [4.69, 9.17) is 14.4 Å². The van der Waals surface area contributed by atoms with Crippen molar-refractivity contribution in [3.63, 3.8) is 0 Å². The second kappa shape index (κ2) is 15.5. The van der Waals surface area contributed by atoms with E-state index >= 15 is 0 Å². The Balaban J connectivity index is 0.000000166. The number of imidazole rings is 1. The molecule has 0 aliphatic carbocycles. The number of para-hydroxylation sites is 3. The normalized spacial score (nSPS) is 11.6. The molecule has 277 valence electrons. The number of fused-ring (bicyclic) bond motifs is 5. The van der Waals surface area contributed by atoms with Crippen molar-refractivity contribution in [2.75, 3.05) is 0 Å². The molecule has 0 aliphatic heterocycles. The zero-order valence-corrected chi connectivity index (χ0v) is 35.6. The van der Waals surface area contributed by atoms with Crippen molar-refractivity contribution in [3.05, 3.63) is 144 Å². The fraction of sp³-hybridized carbons (Fsp3) is 0.191. The molecule has 0 bridgehead atoms. The van der Waals surface area contributed by atoms with Crippen LogP contribution in [0.25, 0.3) is 72.3 Å². The van der Waals surface area contributed by atoms with Crippen molar-refractivity contribution in [1.82, 2.24) is 24.5 Å². The van der Waals surface area contributed by atoms with Gasteiger partial charge in [0.15, 0.2) is 0 Å². The molecule has 6 nitrogen and oxygen atoms in total. The Kier molecular flexibility index (Phi) is 10.7. The van der Waals surface area contributed by atoms with E-state index in [0.29, 0.717) is 11.6 Å². The van der Waals surface area contributed by atoms with Crippen molar-refractivity contribution in [3.8, 4) is 28.3 Å². The summed E-state index contributed by atoms with van der Waals surface area (Å²) in [4.78, 5) is 19.0. The van der Waals surface area contributed by atoms with Gasteiger partial charge < -0.3 is 14.0 Å². The summed E-state index contributed by atoms with van der Waals surface area (Å²) in [5, 5.41) is 4.63. The van der Waals surface area contributed by atoms with E-state index in [1.807, 2.05) is 80.6 Å². The molecule has 0 amide bonds. The van der Waals surface area contributed by atoms with Gasteiger partial charge in [0.25, 0.3) is 0 Å². The SMILES string of the molecule is Cc1ccc2c(n1)oc1c(-c3cc(CC(C)C)c([Si](C)(C)C)cn3)[c-]ccc12.Cc1ccc2c[c-]c(-c3nc4ccccc4n3-c3ccccc3)cc2n1.[Ir]. The molecule has 0 saturated heterocycles. The Morgan fingerprint density at radius 1 is 0.764 bits per heavy atom. The molecule has 9 aromatic rings. The van der Waals surface area contributed by atoms with Gasteiger partial charge in [-0.1, -0.05) is 97.9 Å². The van der Waals surface area contributed by atoms with E-state index in [9.17, 15) is 0 Å². The Hall–Kier alpha value is -5.27. The fourth-order valence-corrected chi connectivity index (χ4v) is 8.75. The van der Waals surface area contributed by atoms with E-state index in [2.05, 4.69) is 109 Å². The van der Waals surface area contributed by atoms with Gasteiger partial charge in [-0.3, -0.25) is 9.97 Å². The summed E-state index contributed by atoms with van der Waals surface area (Å²) in [6, 6.07) is 43.8. The van der Waals surface area contributed by atoms with Gasteiger partial charge in [0, 0.05) is 48.8 Å². The summed E-state index contributed by atoms with van der Waals surface area (Å²) >= 11 is 0. The number of nitrogens with zero attached hydrogens (tertiary/aromatic N) is 5. The maximum Gasteiger partial charge on any atom is 0.216 e. The van der Waals surface area contributed by atoms with E-state index in [0.717, 1.165) is 84.4 Å². The van der Waals surface area contributed by atoms with Crippen molar-refractivity contribution in [1.29, 1.82) is 0 Å². The largest absolute Gasteiger partial charge is 0.486 e. The summed E-state index contributed by atoms with van der Waals surface area (Å²) in [5.74, 6) is 1.48. The minimum atomic E-state index is -1.46. The average molecular weight is 914 g/mol. The van der Waals surface area contributed by atoms with Gasteiger partial charge in [-0.25, -0.2) is 4.98 Å². The average Bonchev–Trinajstić information content (AvgIpc) is 3.73. The quantitative estimate of drug-likeness (QED) is 0.123. The van der Waals surface area contributed by atoms with E-state index in [1.54, 1.807) is 0 Å². The van der Waals surface area contributed by atoms with Crippen molar-refractivity contribution < 1.29 is 24.5 Å². The summed E-state index contributed by atoms with van der Waals surface area (Å²) in [6.07, 6.45) is 3.16. The van der Waals surface area contributed by atoms with E-state index in [-0.39, 0.29) is 20.1 Å². The predicted octanol–water partition coefficient (Wildman–Crippen LogP) is 11.2. The van der Waals surface area contributed by atoms with Gasteiger partial charge in [-0.15, -0.1) is 42.0 Å². The Bertz CT molecular complexity index is 2800. The van der Waals surface area contributed by atoms with Crippen LogP contribution in [-0.2, 0) is 26.5 Å². The zero-order valence-electron chi connectivity index (χ0n) is 32.2. The Morgan fingerprint density at radius 3 is 2.29 bits per heavy atom. The van der Waals surface area contributed by atoms with Crippen molar-refractivity contribution in [2.24, 2.45) is 5.92 Å². The molecule has 55 heavy (non-hydrogen) atoms. The Morgan fingerprint density at radius 2 is 1.51 bits per heavy atom. The topological polar surface area (TPSA) is 69.6 Å². The minimum absolute atomic E-state index is 0. The number of aryl methyl sites for hydroxylation is 2. The first kappa shape index (κ1) is 38.0. The summed E-state index contributed by atoms with van der Waals surface area (Å²) in [7, 11) is -1.46. The predicted molar refractivity (Wildman–Crippen MR) is 225 cm³/mol. The van der Waals surface area contributed by atoms with Crippen LogP contribution in [0.5, 0.6) is 0 Å². The number of pyridine rings is 3. The minimum Gasteiger partial charge on any atom is -0.486 e. The molecule has 0 atom stereocenters. The molecular weight excluding hydrogens is 871 g/mol. The summed E-state index contributed by atoms with van der Waals surface area (Å²) in [6.45, 7) is 15.7. The standard InChI is InChI=1S/C24H27N2OSi.C23H16N3.Ir/c1-15(2)12-17-13-21(25-14-22(17)28(4,5)6)20-9-7-8-18-19-11-10-16(3)26-24(19)27-23(18)20;1-16-11-12-17-13-14-18(15-21(17)24-16)23-25-20-9-5-6-10-22(20)26(23)19-7-3-2-4-8-19;/h7-8,10-11,13-15H,12H2,1-6H3;2-13,15H,1H3;/q2*-1;. The van der Waals surface area contributed by atoms with Crippen molar-refractivity contribution in [2.45, 2.75) is 53.8 Å². The third-order valence-corrected chi connectivity index (χ3v) is 11.8. The summed E-state index contributed by atoms with van der Waals surface area (Å²) < 4.78 is 8.35. The van der Waals surface area contributed by atoms with E-state index < -0.39 is 8.07 Å². The monoisotopic (exact) mass is 914 g/mol. The first-order valence-corrected chi connectivity index (χ1v) is 22.1. The Labute approximate surface area is 337 Å². The second-order valence-electron chi connectivity index (χ2n) is 15.4. The molecule has 8 heteroatoms. The smallest absolute Gasteiger partial charge is 0.216 e. The molecule has 0 unspecified atom stereocenters. The van der Waals surface area contributed by atoms with Crippen LogP contribution < -0.4 is 5.19 Å². The van der Waals surface area contributed by atoms with Crippen LogP contribution in [0.1, 0.15) is 30.8 Å². The van der Waals surface area contributed by atoms with Crippen molar-refractivity contribution >= 4 is 57.3 Å². The molecule has 9 rings (SSSR count). The molecule has 0 spiro atoms. The van der Waals surface area contributed by atoms with Crippen LogP contribution in [0.3, 0.4) is 0 Å². The molecule has 4 aromatic carbocycles. The molecule has 5 heterocycles. The van der Waals surface area contributed by atoms with Crippen LogP contribution in [-0.4, -0.2) is 32.6 Å². The molecule has 0 saturated carbocycles. The van der Waals surface area contributed by atoms with Gasteiger partial charge >= 0.3 is 0 Å². The van der Waals surface area contributed by atoms with E-state index in [1.165, 1.54) is 10.8 Å². The van der Waals surface area contributed by atoms with Gasteiger partial charge in [0.1, 0.15) is 0 Å². The first-order valence-electron chi connectivity index (χ1n) is 18.6. The van der Waals surface area contributed by atoms with Crippen LogP contribution in [0, 0.1) is 31.9 Å². The third-order valence-electron chi connectivity index (χ3n) is 9.70.